The number of aromatic nitrogens is 4. The number of methoxy groups -OCH3 is 1. The van der Waals surface area contributed by atoms with Gasteiger partial charge in [-0.1, -0.05) is 16.7 Å². The molecule has 0 radical (unpaired) electrons. The summed E-state index contributed by atoms with van der Waals surface area (Å²) in [5.41, 5.74) is 9.39. The van der Waals surface area contributed by atoms with Crippen LogP contribution in [-0.2, 0) is 6.54 Å². The van der Waals surface area contributed by atoms with Crippen LogP contribution in [0.2, 0.25) is 5.02 Å². The van der Waals surface area contributed by atoms with Crippen LogP contribution in [0, 0.1) is 0 Å². The van der Waals surface area contributed by atoms with Crippen molar-refractivity contribution in [1.29, 1.82) is 0 Å². The molecule has 0 fully saturated rings. The fraction of sp³-hybridized carbons (Fsp3) is 0.417. The van der Waals surface area contributed by atoms with Crippen molar-refractivity contribution in [2.75, 3.05) is 18.3 Å². The molecule has 0 amide bonds. The van der Waals surface area contributed by atoms with Gasteiger partial charge in [0.15, 0.2) is 11.5 Å². The molecular weight excluding hydrogens is 296 g/mol. The van der Waals surface area contributed by atoms with Crippen LogP contribution in [0.25, 0.3) is 0 Å². The highest BCUT2D eigenvalue weighted by molar-refractivity contribution is 6.32. The molecule has 2 aromatic rings. The second-order valence-electron chi connectivity index (χ2n) is 4.56. The number of benzene rings is 1. The first kappa shape index (κ1) is 15.2. The maximum Gasteiger partial charge on any atom is 0.260 e. The molecular formula is C12H17ClN6O2. The molecule has 1 aromatic heterocycles. The summed E-state index contributed by atoms with van der Waals surface area (Å²) in [4.78, 5) is 1.28. The number of hydrogen-bond acceptors (Lipinski definition) is 7. The molecule has 2 rings (SSSR count). The third-order valence-corrected chi connectivity index (χ3v) is 2.85. The van der Waals surface area contributed by atoms with Crippen LogP contribution < -0.4 is 20.6 Å². The zero-order chi connectivity index (χ0) is 15.4. The maximum atomic E-state index is 6.24. The number of halogens is 1. The van der Waals surface area contributed by atoms with E-state index in [4.69, 9.17) is 26.8 Å². The minimum atomic E-state index is 0.00129. The van der Waals surface area contributed by atoms with Crippen molar-refractivity contribution in [3.63, 3.8) is 0 Å². The number of tetrazole rings is 1. The molecule has 114 valence electrons. The summed E-state index contributed by atoms with van der Waals surface area (Å²) in [6, 6.07) is 3.62. The van der Waals surface area contributed by atoms with Gasteiger partial charge >= 0.3 is 0 Å². The van der Waals surface area contributed by atoms with Crippen molar-refractivity contribution in [2.24, 2.45) is 0 Å². The Hall–Kier alpha value is -2.22. The van der Waals surface area contributed by atoms with Crippen molar-refractivity contribution >= 4 is 17.5 Å². The summed E-state index contributed by atoms with van der Waals surface area (Å²) in [5.74, 6) is 1.27. The fourth-order valence-corrected chi connectivity index (χ4v) is 1.98. The Balaban J connectivity index is 2.17. The molecule has 21 heavy (non-hydrogen) atoms. The second kappa shape index (κ2) is 6.49. The Morgan fingerprint density at radius 1 is 1.43 bits per heavy atom. The predicted octanol–water partition coefficient (Wildman–Crippen LogP) is 1.45. The molecule has 0 bridgehead atoms. The summed E-state index contributed by atoms with van der Waals surface area (Å²) in [6.07, 6.45) is 0.00129. The second-order valence-corrected chi connectivity index (χ2v) is 4.97. The minimum absolute atomic E-state index is 0.00129. The van der Waals surface area contributed by atoms with Gasteiger partial charge in [0, 0.05) is 0 Å². The molecule has 1 aromatic carbocycles. The Morgan fingerprint density at radius 2 is 2.19 bits per heavy atom. The van der Waals surface area contributed by atoms with Gasteiger partial charge in [0.05, 0.1) is 24.8 Å². The van der Waals surface area contributed by atoms with E-state index in [1.807, 2.05) is 19.9 Å². The van der Waals surface area contributed by atoms with Gasteiger partial charge in [0.25, 0.3) is 5.95 Å². The Kier molecular flexibility index (Phi) is 4.69. The van der Waals surface area contributed by atoms with Crippen molar-refractivity contribution in [1.82, 2.24) is 20.3 Å². The number of nitrogen functional groups attached to an aromatic ring is 1. The van der Waals surface area contributed by atoms with Crippen molar-refractivity contribution in [2.45, 2.75) is 26.5 Å². The molecule has 9 heteroatoms. The molecule has 0 aliphatic heterocycles. The molecule has 0 saturated carbocycles. The number of ether oxygens (including phenoxy) is 2. The molecule has 0 aliphatic carbocycles. The van der Waals surface area contributed by atoms with Crippen LogP contribution >= 0.6 is 11.6 Å². The van der Waals surface area contributed by atoms with E-state index in [2.05, 4.69) is 21.0 Å². The highest BCUT2D eigenvalue weighted by Crippen LogP contribution is 2.37. The van der Waals surface area contributed by atoms with E-state index in [9.17, 15) is 0 Å². The predicted molar refractivity (Wildman–Crippen MR) is 79.1 cm³/mol. The summed E-state index contributed by atoms with van der Waals surface area (Å²) in [6.45, 7) is 4.27. The van der Waals surface area contributed by atoms with E-state index >= 15 is 0 Å². The maximum absolute atomic E-state index is 6.24. The molecule has 0 spiro atoms. The van der Waals surface area contributed by atoms with Crippen LogP contribution in [0.1, 0.15) is 19.4 Å². The number of nitrogens with zero attached hydrogens (tertiary/aromatic N) is 4. The first-order valence-corrected chi connectivity index (χ1v) is 6.70. The lowest BCUT2D eigenvalue weighted by molar-refractivity contribution is 0.230. The van der Waals surface area contributed by atoms with Gasteiger partial charge in [-0.3, -0.25) is 0 Å². The van der Waals surface area contributed by atoms with Gasteiger partial charge in [-0.2, -0.15) is 0 Å². The lowest BCUT2D eigenvalue weighted by Crippen LogP contribution is -2.18. The number of hydrogen-bond donors (Lipinski definition) is 2. The third kappa shape index (κ3) is 3.66. The first-order valence-electron chi connectivity index (χ1n) is 6.32. The molecule has 0 atom stereocenters. The quantitative estimate of drug-likeness (QED) is 0.832. The van der Waals surface area contributed by atoms with Crippen LogP contribution in [0.4, 0.5) is 5.95 Å². The SMILES string of the molecule is COc1cc(CNn2nnnc2N)cc(Cl)c1OC(C)C. The van der Waals surface area contributed by atoms with E-state index in [1.54, 1.807) is 13.2 Å². The topological polar surface area (TPSA) is 100 Å². The van der Waals surface area contributed by atoms with Gasteiger partial charge in [-0.05, 0) is 42.0 Å². The normalized spacial score (nSPS) is 10.7. The summed E-state index contributed by atoms with van der Waals surface area (Å²) < 4.78 is 11.0. The fourth-order valence-electron chi connectivity index (χ4n) is 1.70. The minimum Gasteiger partial charge on any atom is -0.493 e. The molecule has 1 heterocycles. The van der Waals surface area contributed by atoms with E-state index in [1.165, 1.54) is 4.79 Å². The Labute approximate surface area is 127 Å². The first-order chi connectivity index (χ1) is 10.0. The van der Waals surface area contributed by atoms with E-state index in [-0.39, 0.29) is 12.1 Å². The molecule has 0 saturated heterocycles. The molecule has 0 aliphatic rings. The zero-order valence-electron chi connectivity index (χ0n) is 12.0. The molecule has 0 unspecified atom stereocenters. The monoisotopic (exact) mass is 312 g/mol. The summed E-state index contributed by atoms with van der Waals surface area (Å²) in [7, 11) is 1.56. The molecule has 3 N–H and O–H groups in total. The number of nitrogens with one attached hydrogen (secondary N) is 1. The van der Waals surface area contributed by atoms with Crippen molar-refractivity contribution in [3.8, 4) is 11.5 Å². The van der Waals surface area contributed by atoms with Crippen molar-refractivity contribution in [3.05, 3.63) is 22.7 Å². The van der Waals surface area contributed by atoms with E-state index < -0.39 is 0 Å². The average Bonchev–Trinajstić information content (AvgIpc) is 2.84. The smallest absolute Gasteiger partial charge is 0.260 e. The van der Waals surface area contributed by atoms with Crippen LogP contribution in [-0.4, -0.2) is 33.5 Å². The summed E-state index contributed by atoms with van der Waals surface area (Å²) >= 11 is 6.24. The Bertz CT molecular complexity index is 616. The van der Waals surface area contributed by atoms with Gasteiger partial charge in [-0.15, -0.1) is 4.79 Å². The van der Waals surface area contributed by atoms with Gasteiger partial charge < -0.3 is 20.6 Å². The Morgan fingerprint density at radius 3 is 2.76 bits per heavy atom. The largest absolute Gasteiger partial charge is 0.493 e. The lowest BCUT2D eigenvalue weighted by Gasteiger charge is -2.16. The number of rotatable bonds is 6. The van der Waals surface area contributed by atoms with Crippen molar-refractivity contribution < 1.29 is 9.47 Å². The van der Waals surface area contributed by atoms with Gasteiger partial charge in [0.2, 0.25) is 0 Å². The van der Waals surface area contributed by atoms with E-state index in [0.717, 1.165) is 5.56 Å². The summed E-state index contributed by atoms with van der Waals surface area (Å²) in [5, 5.41) is 11.2. The average molecular weight is 313 g/mol. The highest BCUT2D eigenvalue weighted by atomic mass is 35.5. The molecule has 8 nitrogen and oxygen atoms in total. The van der Waals surface area contributed by atoms with Crippen LogP contribution in [0.15, 0.2) is 12.1 Å². The number of anilines is 1. The van der Waals surface area contributed by atoms with Gasteiger partial charge in [-0.25, -0.2) is 0 Å². The zero-order valence-corrected chi connectivity index (χ0v) is 12.8. The number of nitrogens with two attached hydrogens (primary N) is 1. The van der Waals surface area contributed by atoms with Gasteiger partial charge in [0.1, 0.15) is 0 Å². The highest BCUT2D eigenvalue weighted by Gasteiger charge is 2.13. The van der Waals surface area contributed by atoms with Crippen LogP contribution in [0.3, 0.4) is 0 Å². The lowest BCUT2D eigenvalue weighted by atomic mass is 10.2. The third-order valence-electron chi connectivity index (χ3n) is 2.57. The van der Waals surface area contributed by atoms with Crippen LogP contribution in [0.5, 0.6) is 11.5 Å². The van der Waals surface area contributed by atoms with E-state index in [0.29, 0.717) is 23.1 Å². The standard InChI is InChI=1S/C12H17ClN6O2/c1-7(2)21-11-9(13)4-8(5-10(11)20-3)6-15-19-12(14)16-17-18-19/h4-5,7,15H,6H2,1-3H3,(H2,14,16,18).